The second-order valence-electron chi connectivity index (χ2n) is 7.00. The Morgan fingerprint density at radius 1 is 1.12 bits per heavy atom. The zero-order valence-corrected chi connectivity index (χ0v) is 15.8. The van der Waals surface area contributed by atoms with E-state index in [1.807, 2.05) is 26.8 Å². The van der Waals surface area contributed by atoms with Crippen molar-refractivity contribution in [1.82, 2.24) is 9.62 Å². The van der Waals surface area contributed by atoms with Crippen molar-refractivity contribution in [3.63, 3.8) is 0 Å². The van der Waals surface area contributed by atoms with Gasteiger partial charge in [-0.3, -0.25) is 4.79 Å². The molecule has 24 heavy (non-hydrogen) atoms. The molecule has 1 amide bonds. The molecule has 1 aliphatic rings. The van der Waals surface area contributed by atoms with Crippen molar-refractivity contribution in [1.29, 1.82) is 0 Å². The molecule has 2 rings (SSSR count). The molecule has 0 aromatic heterocycles. The molecule has 1 aromatic carbocycles. The first-order chi connectivity index (χ1) is 11.2. The quantitative estimate of drug-likeness (QED) is 0.886. The summed E-state index contributed by atoms with van der Waals surface area (Å²) in [6.07, 6.45) is 3.10. The number of benzene rings is 1. The van der Waals surface area contributed by atoms with Crippen molar-refractivity contribution in [2.24, 2.45) is 5.92 Å². The molecule has 6 heteroatoms. The van der Waals surface area contributed by atoms with E-state index in [1.54, 1.807) is 24.0 Å². The van der Waals surface area contributed by atoms with Crippen LogP contribution in [0.1, 0.15) is 44.2 Å². The monoisotopic (exact) mass is 352 g/mol. The van der Waals surface area contributed by atoms with Crippen LogP contribution in [0.25, 0.3) is 0 Å². The average molecular weight is 353 g/mol. The van der Waals surface area contributed by atoms with Gasteiger partial charge in [-0.15, -0.1) is 0 Å². The van der Waals surface area contributed by atoms with Gasteiger partial charge in [0.1, 0.15) is 6.04 Å². The summed E-state index contributed by atoms with van der Waals surface area (Å²) in [4.78, 5) is 14.8. The average Bonchev–Trinajstić information content (AvgIpc) is 2.54. The van der Waals surface area contributed by atoms with Crippen molar-refractivity contribution >= 4 is 15.9 Å². The molecule has 1 saturated heterocycles. The molecular weight excluding hydrogens is 324 g/mol. The van der Waals surface area contributed by atoms with Gasteiger partial charge in [0, 0.05) is 13.1 Å². The molecule has 5 nitrogen and oxygen atoms in total. The molecule has 0 unspecified atom stereocenters. The van der Waals surface area contributed by atoms with E-state index >= 15 is 0 Å². The fourth-order valence-corrected chi connectivity index (χ4v) is 4.68. The lowest BCUT2D eigenvalue weighted by Crippen LogP contribution is -2.52. The number of sulfonamides is 1. The molecule has 0 spiro atoms. The number of likely N-dealkylation sites (tertiary alicyclic amines) is 1. The molecule has 134 valence electrons. The Bertz CT molecular complexity index is 692. The third kappa shape index (κ3) is 4.36. The predicted molar refractivity (Wildman–Crippen MR) is 95.3 cm³/mol. The van der Waals surface area contributed by atoms with Gasteiger partial charge in [0.15, 0.2) is 0 Å². The number of hydrogen-bond donors (Lipinski definition) is 1. The van der Waals surface area contributed by atoms with E-state index in [4.69, 9.17) is 0 Å². The molecule has 1 atom stereocenters. The number of hydrogen-bond acceptors (Lipinski definition) is 3. The maximum atomic E-state index is 12.8. The van der Waals surface area contributed by atoms with E-state index in [2.05, 4.69) is 4.72 Å². The van der Waals surface area contributed by atoms with Gasteiger partial charge in [0.2, 0.25) is 15.9 Å². The summed E-state index contributed by atoms with van der Waals surface area (Å²) in [6, 6.07) is 4.60. The van der Waals surface area contributed by atoms with E-state index in [0.29, 0.717) is 18.7 Å². The van der Waals surface area contributed by atoms with Crippen LogP contribution >= 0.6 is 0 Å². The number of nitrogens with zero attached hydrogens (tertiary/aromatic N) is 1. The topological polar surface area (TPSA) is 66.5 Å². The summed E-state index contributed by atoms with van der Waals surface area (Å²) in [5, 5.41) is 0. The van der Waals surface area contributed by atoms with E-state index in [1.165, 1.54) is 0 Å². The minimum Gasteiger partial charge on any atom is -0.341 e. The Morgan fingerprint density at radius 3 is 2.33 bits per heavy atom. The highest BCUT2D eigenvalue weighted by atomic mass is 32.2. The van der Waals surface area contributed by atoms with Crippen LogP contribution in [0.15, 0.2) is 23.1 Å². The summed E-state index contributed by atoms with van der Waals surface area (Å²) in [7, 11) is -3.74. The van der Waals surface area contributed by atoms with Crippen molar-refractivity contribution in [3.8, 4) is 0 Å². The fourth-order valence-electron chi connectivity index (χ4n) is 3.01. The second-order valence-corrected chi connectivity index (χ2v) is 8.68. The molecule has 0 saturated carbocycles. The number of nitrogens with one attached hydrogen (secondary N) is 1. The largest absolute Gasteiger partial charge is 0.341 e. The molecule has 0 aliphatic carbocycles. The zero-order valence-electron chi connectivity index (χ0n) is 15.0. The third-order valence-corrected chi connectivity index (χ3v) is 6.10. The lowest BCUT2D eigenvalue weighted by Gasteiger charge is -2.32. The second kappa shape index (κ2) is 7.66. The van der Waals surface area contributed by atoms with Crippen LogP contribution in [0, 0.1) is 19.8 Å². The highest BCUT2D eigenvalue weighted by Crippen LogP contribution is 2.20. The van der Waals surface area contributed by atoms with Gasteiger partial charge in [-0.05, 0) is 56.2 Å². The summed E-state index contributed by atoms with van der Waals surface area (Å²) >= 11 is 0. The van der Waals surface area contributed by atoms with Crippen LogP contribution in [-0.4, -0.2) is 38.4 Å². The molecule has 1 N–H and O–H groups in total. The van der Waals surface area contributed by atoms with Crippen molar-refractivity contribution in [3.05, 3.63) is 29.3 Å². The molecule has 0 radical (unpaired) electrons. The standard InChI is InChI=1S/C18H28N2O3S/c1-13(2)17(18(21)20-10-6-5-7-11-20)19-24(22,23)16-12-14(3)8-9-15(16)4/h8-9,12-13,17,19H,5-7,10-11H2,1-4H3/t17-/m1/s1. The minimum atomic E-state index is -3.74. The van der Waals surface area contributed by atoms with Crippen molar-refractivity contribution in [2.75, 3.05) is 13.1 Å². The third-order valence-electron chi connectivity index (χ3n) is 4.52. The van der Waals surface area contributed by atoms with Crippen LogP contribution in [0.2, 0.25) is 0 Å². The molecule has 0 bridgehead atoms. The number of amides is 1. The van der Waals surface area contributed by atoms with Crippen molar-refractivity contribution in [2.45, 2.75) is 57.9 Å². The first-order valence-electron chi connectivity index (χ1n) is 8.61. The van der Waals surface area contributed by atoms with Crippen molar-refractivity contribution < 1.29 is 13.2 Å². The van der Waals surface area contributed by atoms with Crippen LogP contribution in [0.3, 0.4) is 0 Å². The van der Waals surface area contributed by atoms with Crippen LogP contribution in [0.5, 0.6) is 0 Å². The zero-order chi connectivity index (χ0) is 17.9. The number of piperidine rings is 1. The van der Waals surface area contributed by atoms with E-state index in [0.717, 1.165) is 24.8 Å². The first-order valence-corrected chi connectivity index (χ1v) is 10.1. The van der Waals surface area contributed by atoms with Gasteiger partial charge in [-0.1, -0.05) is 26.0 Å². The lowest BCUT2D eigenvalue weighted by atomic mass is 10.0. The highest BCUT2D eigenvalue weighted by Gasteiger charge is 2.32. The van der Waals surface area contributed by atoms with Gasteiger partial charge in [-0.25, -0.2) is 8.42 Å². The number of carbonyl (C=O) groups excluding carboxylic acids is 1. The summed E-state index contributed by atoms with van der Waals surface area (Å²) < 4.78 is 28.3. The minimum absolute atomic E-state index is 0.112. The molecule has 1 aromatic rings. The Labute approximate surface area is 145 Å². The number of carbonyl (C=O) groups is 1. The van der Waals surface area contributed by atoms with E-state index in [-0.39, 0.29) is 16.7 Å². The highest BCUT2D eigenvalue weighted by molar-refractivity contribution is 7.89. The van der Waals surface area contributed by atoms with Gasteiger partial charge in [0.25, 0.3) is 0 Å². The van der Waals surface area contributed by atoms with Crippen LogP contribution in [0.4, 0.5) is 0 Å². The SMILES string of the molecule is Cc1ccc(C)c(S(=O)(=O)N[C@@H](C(=O)N2CCCCC2)C(C)C)c1. The lowest BCUT2D eigenvalue weighted by molar-refractivity contribution is -0.134. The smallest absolute Gasteiger partial charge is 0.241 e. The fraction of sp³-hybridized carbons (Fsp3) is 0.611. The number of rotatable bonds is 5. The van der Waals surface area contributed by atoms with Crippen LogP contribution < -0.4 is 4.72 Å². The summed E-state index contributed by atoms with van der Waals surface area (Å²) in [6.45, 7) is 8.80. The Balaban J connectivity index is 2.26. The maximum absolute atomic E-state index is 12.8. The Kier molecular flexibility index (Phi) is 6.04. The molecule has 1 heterocycles. The Hall–Kier alpha value is -1.40. The molecule has 1 fully saturated rings. The number of aryl methyl sites for hydroxylation is 2. The Morgan fingerprint density at radius 2 is 1.75 bits per heavy atom. The van der Waals surface area contributed by atoms with Gasteiger partial charge >= 0.3 is 0 Å². The normalized spacial score (nSPS) is 17.1. The summed E-state index contributed by atoms with van der Waals surface area (Å²) in [5.74, 6) is -0.224. The van der Waals surface area contributed by atoms with E-state index < -0.39 is 16.1 Å². The van der Waals surface area contributed by atoms with Gasteiger partial charge < -0.3 is 4.90 Å². The van der Waals surface area contributed by atoms with Gasteiger partial charge in [0.05, 0.1) is 4.90 Å². The maximum Gasteiger partial charge on any atom is 0.241 e. The van der Waals surface area contributed by atoms with Crippen LogP contribution in [-0.2, 0) is 14.8 Å². The predicted octanol–water partition coefficient (Wildman–Crippen LogP) is 2.62. The van der Waals surface area contributed by atoms with Gasteiger partial charge in [-0.2, -0.15) is 4.72 Å². The summed E-state index contributed by atoms with van der Waals surface area (Å²) in [5.41, 5.74) is 1.56. The molecular formula is C18H28N2O3S. The van der Waals surface area contributed by atoms with E-state index in [9.17, 15) is 13.2 Å². The first kappa shape index (κ1) is 18.9. The molecule has 1 aliphatic heterocycles.